The molecule has 0 aliphatic carbocycles. The van der Waals surface area contributed by atoms with Crippen molar-refractivity contribution in [3.63, 3.8) is 0 Å². The van der Waals surface area contributed by atoms with E-state index in [0.29, 0.717) is 10.7 Å². The molecular weight excluding hydrogens is 442 g/mol. The highest BCUT2D eigenvalue weighted by molar-refractivity contribution is 7.29. The first-order valence-corrected chi connectivity index (χ1v) is 11.3. The Morgan fingerprint density at radius 2 is 1.87 bits per heavy atom. The highest BCUT2D eigenvalue weighted by Gasteiger charge is 2.46. The Hall–Kier alpha value is -2.27. The maximum atomic E-state index is 10.5. The molecule has 2 aliphatic rings. The Morgan fingerprint density at radius 1 is 1.03 bits per heavy atom. The summed E-state index contributed by atoms with van der Waals surface area (Å²) in [5.74, 6) is 0.113. The van der Waals surface area contributed by atoms with E-state index in [-0.39, 0.29) is 23.7 Å². The number of fused-ring (bicyclic) bond motifs is 1. The molecule has 11 heteroatoms. The fourth-order valence-electron chi connectivity index (χ4n) is 4.28. The maximum absolute atomic E-state index is 10.5. The molecule has 2 saturated heterocycles. The zero-order valence-electron chi connectivity index (χ0n) is 16.0. The standard InChI is InChI=1S/C19H19N7OS2.ClH/c27-13-7-11(12-9-22-23-10-12)8-21-14(13)15-24-16-17(28-15)25-18(29-16)26-6-3-19(26)1-4-20-5-2-19;/h7-10,20,27H,1-6H2,(H,22,23);1H. The van der Waals surface area contributed by atoms with E-state index < -0.39 is 0 Å². The number of aromatic amines is 1. The molecule has 0 aromatic carbocycles. The summed E-state index contributed by atoms with van der Waals surface area (Å²) in [4.78, 5) is 18.4. The van der Waals surface area contributed by atoms with Crippen LogP contribution in [0.5, 0.6) is 5.75 Å². The Bertz CT molecular complexity index is 1150. The van der Waals surface area contributed by atoms with Gasteiger partial charge in [-0.3, -0.25) is 5.10 Å². The average molecular weight is 462 g/mol. The van der Waals surface area contributed by atoms with E-state index >= 15 is 0 Å². The lowest BCUT2D eigenvalue weighted by molar-refractivity contribution is 0.206. The van der Waals surface area contributed by atoms with Gasteiger partial charge in [-0.25, -0.2) is 15.0 Å². The molecule has 0 radical (unpaired) electrons. The van der Waals surface area contributed by atoms with Crippen LogP contribution in [0.15, 0.2) is 24.7 Å². The molecule has 2 aliphatic heterocycles. The molecule has 0 atom stereocenters. The predicted octanol–water partition coefficient (Wildman–Crippen LogP) is 3.66. The minimum atomic E-state index is 0. The molecule has 1 spiro atoms. The molecule has 4 aromatic rings. The third kappa shape index (κ3) is 3.06. The molecule has 156 valence electrons. The van der Waals surface area contributed by atoms with Crippen LogP contribution in [0.1, 0.15) is 19.3 Å². The third-order valence-electron chi connectivity index (χ3n) is 6.00. The van der Waals surface area contributed by atoms with Crippen molar-refractivity contribution in [3.8, 4) is 27.6 Å². The number of piperidine rings is 1. The van der Waals surface area contributed by atoms with E-state index in [9.17, 15) is 5.11 Å². The second-order valence-electron chi connectivity index (χ2n) is 7.58. The molecule has 30 heavy (non-hydrogen) atoms. The number of pyridine rings is 1. The van der Waals surface area contributed by atoms with Gasteiger partial charge in [0.1, 0.15) is 16.5 Å². The van der Waals surface area contributed by atoms with Gasteiger partial charge in [-0.05, 0) is 38.4 Å². The fourth-order valence-corrected chi connectivity index (χ4v) is 6.46. The van der Waals surface area contributed by atoms with Crippen molar-refractivity contribution >= 4 is 49.9 Å². The molecule has 0 unspecified atom stereocenters. The largest absolute Gasteiger partial charge is 0.506 e. The van der Waals surface area contributed by atoms with Gasteiger partial charge in [0.15, 0.2) is 14.8 Å². The SMILES string of the molecule is Cl.Oc1cc(-c2cn[nH]c2)cnc1-c1nc2sc(N3CCC34CCNCC4)nc2s1. The number of rotatable bonds is 3. The molecule has 6 rings (SSSR count). The number of H-pyrrole nitrogens is 1. The second-order valence-corrected chi connectivity index (χ2v) is 9.51. The lowest BCUT2D eigenvalue weighted by Gasteiger charge is -2.55. The second kappa shape index (κ2) is 7.45. The molecule has 3 N–H and O–H groups in total. The summed E-state index contributed by atoms with van der Waals surface area (Å²) in [5.41, 5.74) is 2.47. The number of aromatic hydroxyl groups is 1. The first-order valence-electron chi connectivity index (χ1n) is 9.66. The van der Waals surface area contributed by atoms with Crippen molar-refractivity contribution < 1.29 is 5.11 Å². The lowest BCUT2D eigenvalue weighted by Crippen LogP contribution is -2.64. The first-order chi connectivity index (χ1) is 14.2. The monoisotopic (exact) mass is 461 g/mol. The molecule has 0 saturated carbocycles. The van der Waals surface area contributed by atoms with Crippen LogP contribution in [-0.2, 0) is 0 Å². The number of hydrogen-bond acceptors (Lipinski definition) is 9. The summed E-state index contributed by atoms with van der Waals surface area (Å²) in [6, 6.07) is 1.70. The molecule has 0 amide bonds. The predicted molar refractivity (Wildman–Crippen MR) is 122 cm³/mol. The highest BCUT2D eigenvalue weighted by Crippen LogP contribution is 2.46. The summed E-state index contributed by atoms with van der Waals surface area (Å²) in [6.07, 6.45) is 8.81. The van der Waals surface area contributed by atoms with Gasteiger partial charge in [0.25, 0.3) is 0 Å². The molecular formula is C19H20ClN7OS2. The van der Waals surface area contributed by atoms with E-state index in [0.717, 1.165) is 45.6 Å². The van der Waals surface area contributed by atoms with Gasteiger partial charge >= 0.3 is 0 Å². The number of anilines is 1. The number of thiazole rings is 2. The molecule has 4 aromatic heterocycles. The third-order valence-corrected chi connectivity index (χ3v) is 8.06. The van der Waals surface area contributed by atoms with Gasteiger partial charge in [0, 0.05) is 35.6 Å². The number of aromatic nitrogens is 5. The topological polar surface area (TPSA) is 103 Å². The van der Waals surface area contributed by atoms with Crippen LogP contribution in [0.4, 0.5) is 5.13 Å². The van der Waals surface area contributed by atoms with E-state index in [1.165, 1.54) is 30.6 Å². The van der Waals surface area contributed by atoms with Crippen molar-refractivity contribution in [2.75, 3.05) is 24.5 Å². The number of hydrogen-bond donors (Lipinski definition) is 3. The van der Waals surface area contributed by atoms with Crippen LogP contribution < -0.4 is 10.2 Å². The van der Waals surface area contributed by atoms with Crippen LogP contribution in [0.3, 0.4) is 0 Å². The Balaban J connectivity index is 0.00000193. The highest BCUT2D eigenvalue weighted by atomic mass is 35.5. The summed E-state index contributed by atoms with van der Waals surface area (Å²) in [5, 5.41) is 22.4. The number of nitrogens with one attached hydrogen (secondary N) is 2. The van der Waals surface area contributed by atoms with Crippen molar-refractivity contribution in [1.29, 1.82) is 0 Å². The normalized spacial score (nSPS) is 17.8. The van der Waals surface area contributed by atoms with Crippen molar-refractivity contribution in [2.24, 2.45) is 0 Å². The Morgan fingerprint density at radius 3 is 2.53 bits per heavy atom. The zero-order valence-corrected chi connectivity index (χ0v) is 18.4. The van der Waals surface area contributed by atoms with Crippen LogP contribution in [0.25, 0.3) is 31.5 Å². The summed E-state index contributed by atoms with van der Waals surface area (Å²) >= 11 is 3.13. The minimum Gasteiger partial charge on any atom is -0.506 e. The number of nitrogens with zero attached hydrogens (tertiary/aromatic N) is 5. The van der Waals surface area contributed by atoms with Crippen LogP contribution >= 0.6 is 35.1 Å². The fraction of sp³-hybridized carbons (Fsp3) is 0.368. The van der Waals surface area contributed by atoms with Crippen molar-refractivity contribution in [1.82, 2.24) is 30.5 Å². The van der Waals surface area contributed by atoms with Crippen LogP contribution in [-0.4, -0.2) is 55.4 Å². The first kappa shape index (κ1) is 19.7. The summed E-state index contributed by atoms with van der Waals surface area (Å²) < 4.78 is 0. The molecule has 8 nitrogen and oxygen atoms in total. The van der Waals surface area contributed by atoms with Crippen LogP contribution in [0, 0.1) is 0 Å². The van der Waals surface area contributed by atoms with Gasteiger partial charge in [0.2, 0.25) is 0 Å². The molecule has 6 heterocycles. The van der Waals surface area contributed by atoms with E-state index in [2.05, 4.69) is 25.4 Å². The van der Waals surface area contributed by atoms with Gasteiger partial charge < -0.3 is 15.3 Å². The van der Waals surface area contributed by atoms with Crippen molar-refractivity contribution in [2.45, 2.75) is 24.8 Å². The summed E-state index contributed by atoms with van der Waals surface area (Å²) in [6.45, 7) is 3.24. The van der Waals surface area contributed by atoms with Crippen LogP contribution in [0.2, 0.25) is 0 Å². The zero-order chi connectivity index (χ0) is 19.4. The van der Waals surface area contributed by atoms with Gasteiger partial charge in [-0.15, -0.1) is 12.4 Å². The smallest absolute Gasteiger partial charge is 0.189 e. The molecule has 0 bridgehead atoms. The minimum absolute atomic E-state index is 0. The average Bonchev–Trinajstić information content (AvgIpc) is 3.44. The van der Waals surface area contributed by atoms with E-state index in [1.807, 2.05) is 0 Å². The Kier molecular flexibility index (Phi) is 4.89. The number of halogens is 1. The van der Waals surface area contributed by atoms with Gasteiger partial charge in [-0.2, -0.15) is 5.10 Å². The quantitative estimate of drug-likeness (QED) is 0.427. The van der Waals surface area contributed by atoms with E-state index in [4.69, 9.17) is 9.97 Å². The van der Waals surface area contributed by atoms with E-state index in [1.54, 1.807) is 36.0 Å². The Labute approximate surface area is 186 Å². The van der Waals surface area contributed by atoms with Crippen molar-refractivity contribution in [3.05, 3.63) is 24.7 Å². The molecule has 2 fully saturated rings. The maximum Gasteiger partial charge on any atom is 0.189 e. The lowest BCUT2D eigenvalue weighted by atomic mass is 9.77. The summed E-state index contributed by atoms with van der Waals surface area (Å²) in [7, 11) is 0. The van der Waals surface area contributed by atoms with Gasteiger partial charge in [0.05, 0.1) is 6.20 Å². The van der Waals surface area contributed by atoms with Gasteiger partial charge in [-0.1, -0.05) is 22.7 Å².